The van der Waals surface area contributed by atoms with Crippen LogP contribution in [0.3, 0.4) is 0 Å². The first-order valence-electron chi connectivity index (χ1n) is 3.01. The summed E-state index contributed by atoms with van der Waals surface area (Å²) in [5.41, 5.74) is 7.11. The van der Waals surface area contributed by atoms with Crippen LogP contribution in [0.5, 0.6) is 0 Å². The van der Waals surface area contributed by atoms with E-state index in [1.807, 2.05) is 12.1 Å². The van der Waals surface area contributed by atoms with Gasteiger partial charge in [0.2, 0.25) is 0 Å². The molecule has 1 radical (unpaired) electrons. The second-order valence-corrected chi connectivity index (χ2v) is 2.16. The Kier molecular flexibility index (Phi) is 0.947. The maximum atomic E-state index is 5.53. The number of hydrogen-bond donors (Lipinski definition) is 1. The Labute approximate surface area is 58.2 Å². The van der Waals surface area contributed by atoms with Crippen LogP contribution in [-0.2, 0) is 0 Å². The van der Waals surface area contributed by atoms with Crippen molar-refractivity contribution < 1.29 is 4.42 Å². The third-order valence-electron chi connectivity index (χ3n) is 1.42. The predicted molar refractivity (Wildman–Crippen MR) is 39.5 cm³/mol. The van der Waals surface area contributed by atoms with Crippen LogP contribution in [0.1, 0.15) is 0 Å². The zero-order valence-electron chi connectivity index (χ0n) is 5.29. The summed E-state index contributed by atoms with van der Waals surface area (Å²) in [5, 5.41) is 1.00. The van der Waals surface area contributed by atoms with E-state index in [0.717, 1.165) is 16.7 Å². The largest absolute Gasteiger partial charge is 0.453 e. The number of furan rings is 1. The molecule has 1 aromatic carbocycles. The Morgan fingerprint density at radius 2 is 2.30 bits per heavy atom. The van der Waals surface area contributed by atoms with Gasteiger partial charge in [-0.25, -0.2) is 0 Å². The van der Waals surface area contributed by atoms with Crippen LogP contribution < -0.4 is 5.73 Å². The molecule has 0 aliphatic heterocycles. The Morgan fingerprint density at radius 3 is 3.20 bits per heavy atom. The molecule has 2 nitrogen and oxygen atoms in total. The van der Waals surface area contributed by atoms with Crippen molar-refractivity contribution in [3.05, 3.63) is 30.5 Å². The minimum atomic E-state index is 0.752. The van der Waals surface area contributed by atoms with Crippen molar-refractivity contribution in [1.82, 2.24) is 0 Å². The van der Waals surface area contributed by atoms with E-state index in [-0.39, 0.29) is 0 Å². The Balaban J connectivity index is 2.86. The summed E-state index contributed by atoms with van der Waals surface area (Å²) in [5.74, 6) is 0. The molecule has 10 heavy (non-hydrogen) atoms. The maximum absolute atomic E-state index is 5.53. The average molecular weight is 132 g/mol. The number of anilines is 1. The molecule has 1 aromatic heterocycles. The van der Waals surface area contributed by atoms with Crippen molar-refractivity contribution in [1.29, 1.82) is 0 Å². The molecule has 0 atom stereocenters. The summed E-state index contributed by atoms with van der Waals surface area (Å²) in [4.78, 5) is 0. The van der Waals surface area contributed by atoms with Crippen LogP contribution in [0.4, 0.5) is 5.69 Å². The molecule has 0 fully saturated rings. The monoisotopic (exact) mass is 132 g/mol. The van der Waals surface area contributed by atoms with Crippen molar-refractivity contribution in [2.75, 3.05) is 5.73 Å². The molecule has 0 aliphatic rings. The first kappa shape index (κ1) is 5.35. The number of nitrogens with two attached hydrogens (primary N) is 1. The highest BCUT2D eigenvalue weighted by atomic mass is 16.3. The fraction of sp³-hybridized carbons (Fsp3) is 0. The second kappa shape index (κ2) is 1.77. The molecule has 0 saturated heterocycles. The zero-order chi connectivity index (χ0) is 6.97. The van der Waals surface area contributed by atoms with Crippen molar-refractivity contribution >= 4 is 16.7 Å². The van der Waals surface area contributed by atoms with Crippen LogP contribution in [-0.4, -0.2) is 0 Å². The number of hydrogen-bond acceptors (Lipinski definition) is 2. The highest BCUT2D eigenvalue weighted by Crippen LogP contribution is 2.16. The molecule has 2 N–H and O–H groups in total. The summed E-state index contributed by atoms with van der Waals surface area (Å²) in [7, 11) is 0. The molecule has 0 bridgehead atoms. The molecule has 1 heterocycles. The lowest BCUT2D eigenvalue weighted by Gasteiger charge is -1.89. The summed E-state index contributed by atoms with van der Waals surface area (Å²) < 4.78 is 4.99. The first-order chi connectivity index (χ1) is 4.86. The second-order valence-electron chi connectivity index (χ2n) is 2.16. The van der Waals surface area contributed by atoms with Gasteiger partial charge in [0.05, 0.1) is 0 Å². The van der Waals surface area contributed by atoms with E-state index in [9.17, 15) is 0 Å². The van der Waals surface area contributed by atoms with E-state index in [4.69, 9.17) is 10.2 Å². The lowest BCUT2D eigenvalue weighted by molar-refractivity contribution is 0.606. The number of fused-ring (bicyclic) bond motifs is 1. The summed E-state index contributed by atoms with van der Waals surface area (Å²) in [6, 6.07) is 7.27. The molecular weight excluding hydrogens is 126 g/mol. The minimum absolute atomic E-state index is 0.752. The maximum Gasteiger partial charge on any atom is 0.170 e. The Bertz CT molecular complexity index is 351. The molecule has 0 unspecified atom stereocenters. The molecule has 0 aliphatic carbocycles. The standard InChI is InChI=1S/C8H6NO/c9-7-1-2-8-6(5-7)3-4-10-8/h1-3,5H,9H2. The van der Waals surface area contributed by atoms with Gasteiger partial charge in [0.1, 0.15) is 5.58 Å². The van der Waals surface area contributed by atoms with Gasteiger partial charge in [0.25, 0.3) is 0 Å². The topological polar surface area (TPSA) is 39.2 Å². The Hall–Kier alpha value is -1.44. The van der Waals surface area contributed by atoms with E-state index in [1.165, 1.54) is 0 Å². The van der Waals surface area contributed by atoms with Gasteiger partial charge >= 0.3 is 0 Å². The quantitative estimate of drug-likeness (QED) is 0.555. The summed E-state index contributed by atoms with van der Waals surface area (Å²) in [6.07, 6.45) is 2.63. The average Bonchev–Trinajstić information content (AvgIpc) is 2.33. The zero-order valence-corrected chi connectivity index (χ0v) is 5.29. The molecule has 0 saturated carbocycles. The SMILES string of the molecule is Nc1ccc2o[c]cc2c1. The van der Waals surface area contributed by atoms with Crippen molar-refractivity contribution in [2.24, 2.45) is 0 Å². The van der Waals surface area contributed by atoms with Crippen LogP contribution in [0.2, 0.25) is 0 Å². The first-order valence-corrected chi connectivity index (χ1v) is 3.01. The van der Waals surface area contributed by atoms with Crippen LogP contribution in [0, 0.1) is 6.26 Å². The molecule has 2 aromatic rings. The van der Waals surface area contributed by atoms with Crippen molar-refractivity contribution in [2.45, 2.75) is 0 Å². The van der Waals surface area contributed by atoms with Gasteiger partial charge in [-0.05, 0) is 24.3 Å². The van der Waals surface area contributed by atoms with Gasteiger partial charge in [0, 0.05) is 11.1 Å². The molecule has 0 amide bonds. The van der Waals surface area contributed by atoms with Crippen LogP contribution >= 0.6 is 0 Å². The van der Waals surface area contributed by atoms with E-state index in [0.29, 0.717) is 0 Å². The highest BCUT2D eigenvalue weighted by molar-refractivity contribution is 5.80. The summed E-state index contributed by atoms with van der Waals surface area (Å²) >= 11 is 0. The minimum Gasteiger partial charge on any atom is -0.453 e. The molecule has 0 spiro atoms. The molecule has 2 rings (SSSR count). The van der Waals surface area contributed by atoms with E-state index in [2.05, 4.69) is 6.26 Å². The molecule has 2 heteroatoms. The Morgan fingerprint density at radius 1 is 1.40 bits per heavy atom. The van der Waals surface area contributed by atoms with E-state index >= 15 is 0 Å². The van der Waals surface area contributed by atoms with Crippen LogP contribution in [0.25, 0.3) is 11.0 Å². The fourth-order valence-corrected chi connectivity index (χ4v) is 0.929. The van der Waals surface area contributed by atoms with E-state index in [1.54, 1.807) is 12.1 Å². The third-order valence-corrected chi connectivity index (χ3v) is 1.42. The third kappa shape index (κ3) is 0.658. The van der Waals surface area contributed by atoms with Crippen molar-refractivity contribution in [3.63, 3.8) is 0 Å². The van der Waals surface area contributed by atoms with E-state index < -0.39 is 0 Å². The lowest BCUT2D eigenvalue weighted by Crippen LogP contribution is -1.80. The molecular formula is C8H6NO. The smallest absolute Gasteiger partial charge is 0.170 e. The van der Waals surface area contributed by atoms with Gasteiger partial charge in [-0.3, -0.25) is 0 Å². The number of benzene rings is 1. The van der Waals surface area contributed by atoms with Gasteiger partial charge in [-0.15, -0.1) is 0 Å². The van der Waals surface area contributed by atoms with Gasteiger partial charge in [-0.2, -0.15) is 0 Å². The van der Waals surface area contributed by atoms with Crippen LogP contribution in [0.15, 0.2) is 28.7 Å². The summed E-state index contributed by atoms with van der Waals surface area (Å²) in [6.45, 7) is 0. The number of rotatable bonds is 0. The normalized spacial score (nSPS) is 10.4. The van der Waals surface area contributed by atoms with Gasteiger partial charge in [-0.1, -0.05) is 0 Å². The highest BCUT2D eigenvalue weighted by Gasteiger charge is 1.94. The lowest BCUT2D eigenvalue weighted by atomic mass is 10.2. The van der Waals surface area contributed by atoms with Gasteiger partial charge in [0.15, 0.2) is 6.26 Å². The predicted octanol–water partition coefficient (Wildman–Crippen LogP) is 1.82. The van der Waals surface area contributed by atoms with Gasteiger partial charge < -0.3 is 10.2 Å². The fourth-order valence-electron chi connectivity index (χ4n) is 0.929. The van der Waals surface area contributed by atoms with Crippen molar-refractivity contribution in [3.8, 4) is 0 Å². The number of nitrogen functional groups attached to an aromatic ring is 1. The molecule has 49 valence electrons.